The molecule has 0 spiro atoms. The van der Waals surface area contributed by atoms with Crippen LogP contribution in [0.2, 0.25) is 0 Å². The van der Waals surface area contributed by atoms with Crippen molar-refractivity contribution in [2.45, 2.75) is 26.7 Å². The third kappa shape index (κ3) is 4.16. The van der Waals surface area contributed by atoms with Crippen LogP contribution >= 0.6 is 0 Å². The number of hydrogen-bond donors (Lipinski definition) is 2. The number of carbonyl (C=O) groups excluding carboxylic acids is 1. The molecule has 13 heavy (non-hydrogen) atoms. The summed E-state index contributed by atoms with van der Waals surface area (Å²) >= 11 is 0. The van der Waals surface area contributed by atoms with Crippen molar-refractivity contribution in [3.8, 4) is 6.07 Å². The molecule has 0 radical (unpaired) electrons. The Morgan fingerprint density at radius 3 is 2.62 bits per heavy atom. The molecule has 0 unspecified atom stereocenters. The van der Waals surface area contributed by atoms with Crippen molar-refractivity contribution in [2.24, 2.45) is 0 Å². The quantitative estimate of drug-likeness (QED) is 0.297. The summed E-state index contributed by atoms with van der Waals surface area (Å²) in [5, 5.41) is 20.0. The minimum absolute atomic E-state index is 0.212. The second-order valence-electron chi connectivity index (χ2n) is 2.68. The zero-order valence-electron chi connectivity index (χ0n) is 7.92. The number of hydrogen-bond acceptors (Lipinski definition) is 3. The largest absolute Gasteiger partial charge is 0.511 e. The van der Waals surface area contributed by atoms with Gasteiger partial charge < -0.3 is 10.4 Å². The molecular weight excluding hydrogens is 168 g/mol. The van der Waals surface area contributed by atoms with E-state index in [0.29, 0.717) is 6.54 Å². The van der Waals surface area contributed by atoms with Gasteiger partial charge in [-0.05, 0) is 13.3 Å². The molecule has 0 atom stereocenters. The molecule has 0 aliphatic heterocycles. The summed E-state index contributed by atoms with van der Waals surface area (Å²) in [7, 11) is 0. The number of aliphatic hydroxyl groups excluding tert-OH is 1. The first kappa shape index (κ1) is 11.5. The first-order chi connectivity index (χ1) is 6.13. The van der Waals surface area contributed by atoms with Crippen molar-refractivity contribution in [3.05, 3.63) is 11.3 Å². The van der Waals surface area contributed by atoms with Crippen LogP contribution in [-0.2, 0) is 4.79 Å². The van der Waals surface area contributed by atoms with Crippen LogP contribution < -0.4 is 5.32 Å². The average Bonchev–Trinajstić information content (AvgIpc) is 2.05. The van der Waals surface area contributed by atoms with E-state index >= 15 is 0 Å². The summed E-state index contributed by atoms with van der Waals surface area (Å²) in [6.07, 6.45) is 1.85. The Morgan fingerprint density at radius 1 is 1.62 bits per heavy atom. The molecule has 0 saturated carbocycles. The van der Waals surface area contributed by atoms with Gasteiger partial charge in [-0.1, -0.05) is 13.3 Å². The molecule has 0 heterocycles. The minimum Gasteiger partial charge on any atom is -0.511 e. The van der Waals surface area contributed by atoms with Crippen LogP contribution in [0, 0.1) is 11.3 Å². The fourth-order valence-electron chi connectivity index (χ4n) is 0.763. The number of carbonyl (C=O) groups is 1. The third-order valence-corrected chi connectivity index (χ3v) is 1.52. The summed E-state index contributed by atoms with van der Waals surface area (Å²) in [6.45, 7) is 3.86. The smallest absolute Gasteiger partial charge is 0.265 e. The maximum absolute atomic E-state index is 11.1. The first-order valence-electron chi connectivity index (χ1n) is 4.21. The number of amides is 1. The number of unbranched alkanes of at least 4 members (excludes halogenated alkanes) is 1. The van der Waals surface area contributed by atoms with Gasteiger partial charge in [0.05, 0.1) is 0 Å². The molecule has 0 aromatic carbocycles. The van der Waals surface area contributed by atoms with E-state index in [1.54, 1.807) is 6.07 Å². The van der Waals surface area contributed by atoms with Crippen LogP contribution in [0.4, 0.5) is 0 Å². The number of nitrogens with one attached hydrogen (secondary N) is 1. The topological polar surface area (TPSA) is 73.1 Å². The molecule has 0 aliphatic rings. The predicted molar refractivity (Wildman–Crippen MR) is 48.9 cm³/mol. The van der Waals surface area contributed by atoms with E-state index in [0.717, 1.165) is 12.8 Å². The Morgan fingerprint density at radius 2 is 2.23 bits per heavy atom. The Hall–Kier alpha value is -1.50. The first-order valence-corrected chi connectivity index (χ1v) is 4.21. The summed E-state index contributed by atoms with van der Waals surface area (Å²) in [6, 6.07) is 1.65. The molecule has 4 heteroatoms. The van der Waals surface area contributed by atoms with Crippen molar-refractivity contribution < 1.29 is 9.90 Å². The highest BCUT2D eigenvalue weighted by atomic mass is 16.3. The van der Waals surface area contributed by atoms with Crippen LogP contribution in [0.15, 0.2) is 11.3 Å². The lowest BCUT2D eigenvalue weighted by atomic mass is 10.2. The Kier molecular flexibility index (Phi) is 5.37. The van der Waals surface area contributed by atoms with Gasteiger partial charge in [0.25, 0.3) is 5.91 Å². The monoisotopic (exact) mass is 182 g/mol. The Labute approximate surface area is 77.9 Å². The number of aliphatic hydroxyl groups is 1. The summed E-state index contributed by atoms with van der Waals surface area (Å²) in [5.41, 5.74) is -0.212. The number of allylic oxidation sites excluding steroid dienone is 1. The average molecular weight is 182 g/mol. The maximum Gasteiger partial charge on any atom is 0.265 e. The third-order valence-electron chi connectivity index (χ3n) is 1.52. The van der Waals surface area contributed by atoms with Gasteiger partial charge in [0.1, 0.15) is 11.8 Å². The standard InChI is InChI=1S/C9H14N2O2/c1-3-4-5-11-9(13)8(6-10)7(2)12/h12H,3-5H2,1-2H3,(H,11,13)/b8-7-. The Balaban J connectivity index is 4.12. The van der Waals surface area contributed by atoms with Gasteiger partial charge in [-0.2, -0.15) is 5.26 Å². The summed E-state index contributed by atoms with van der Waals surface area (Å²) in [4.78, 5) is 11.1. The molecule has 0 rings (SSSR count). The molecule has 2 N–H and O–H groups in total. The van der Waals surface area contributed by atoms with Gasteiger partial charge in [-0.3, -0.25) is 4.79 Å². The van der Waals surface area contributed by atoms with Gasteiger partial charge in [0.2, 0.25) is 0 Å². The van der Waals surface area contributed by atoms with Gasteiger partial charge in [0.15, 0.2) is 5.57 Å². The zero-order chi connectivity index (χ0) is 10.3. The van der Waals surface area contributed by atoms with Gasteiger partial charge in [-0.25, -0.2) is 0 Å². The fourth-order valence-corrected chi connectivity index (χ4v) is 0.763. The van der Waals surface area contributed by atoms with Crippen LogP contribution in [0.5, 0.6) is 0 Å². The lowest BCUT2D eigenvalue weighted by molar-refractivity contribution is -0.117. The minimum atomic E-state index is -0.504. The molecule has 0 saturated heterocycles. The summed E-state index contributed by atoms with van der Waals surface area (Å²) in [5.74, 6) is -0.743. The van der Waals surface area contributed by atoms with E-state index in [1.165, 1.54) is 6.92 Å². The molecule has 0 aliphatic carbocycles. The molecule has 72 valence electrons. The van der Waals surface area contributed by atoms with Crippen molar-refractivity contribution in [1.82, 2.24) is 5.32 Å². The zero-order valence-corrected chi connectivity index (χ0v) is 7.92. The van der Waals surface area contributed by atoms with Crippen molar-refractivity contribution >= 4 is 5.91 Å². The van der Waals surface area contributed by atoms with Gasteiger partial charge in [-0.15, -0.1) is 0 Å². The molecular formula is C9H14N2O2. The molecule has 0 fully saturated rings. The molecule has 1 amide bonds. The lowest BCUT2D eigenvalue weighted by Gasteiger charge is -2.02. The normalized spacial score (nSPS) is 11.5. The van der Waals surface area contributed by atoms with Gasteiger partial charge >= 0.3 is 0 Å². The fraction of sp³-hybridized carbons (Fsp3) is 0.556. The molecule has 0 bridgehead atoms. The highest BCUT2D eigenvalue weighted by molar-refractivity contribution is 5.97. The predicted octanol–water partition coefficient (Wildman–Crippen LogP) is 1.26. The van der Waals surface area contributed by atoms with Crippen molar-refractivity contribution in [2.75, 3.05) is 6.54 Å². The van der Waals surface area contributed by atoms with E-state index in [9.17, 15) is 4.79 Å². The molecule has 4 nitrogen and oxygen atoms in total. The van der Waals surface area contributed by atoms with E-state index < -0.39 is 5.91 Å². The van der Waals surface area contributed by atoms with E-state index in [-0.39, 0.29) is 11.3 Å². The molecule has 0 aromatic rings. The van der Waals surface area contributed by atoms with Crippen molar-refractivity contribution in [1.29, 1.82) is 5.26 Å². The van der Waals surface area contributed by atoms with Gasteiger partial charge in [0, 0.05) is 6.54 Å². The van der Waals surface area contributed by atoms with Crippen LogP contribution in [0.1, 0.15) is 26.7 Å². The maximum atomic E-state index is 11.1. The van der Waals surface area contributed by atoms with Crippen LogP contribution in [-0.4, -0.2) is 17.6 Å². The van der Waals surface area contributed by atoms with E-state index in [2.05, 4.69) is 5.32 Å². The van der Waals surface area contributed by atoms with Crippen molar-refractivity contribution in [3.63, 3.8) is 0 Å². The summed E-state index contributed by atoms with van der Waals surface area (Å²) < 4.78 is 0. The Bertz CT molecular complexity index is 247. The second kappa shape index (κ2) is 6.06. The highest BCUT2D eigenvalue weighted by Gasteiger charge is 2.10. The number of rotatable bonds is 4. The van der Waals surface area contributed by atoms with Crippen LogP contribution in [0.3, 0.4) is 0 Å². The second-order valence-corrected chi connectivity index (χ2v) is 2.68. The molecule has 0 aromatic heterocycles. The number of nitrogens with zero attached hydrogens (tertiary/aromatic N) is 1. The lowest BCUT2D eigenvalue weighted by Crippen LogP contribution is -2.26. The SMILES string of the molecule is CCCCNC(=O)/C(C#N)=C(/C)O. The van der Waals surface area contributed by atoms with Crippen LogP contribution in [0.25, 0.3) is 0 Å². The highest BCUT2D eigenvalue weighted by Crippen LogP contribution is 1.98. The van der Waals surface area contributed by atoms with E-state index in [4.69, 9.17) is 10.4 Å². The number of nitriles is 1. The van der Waals surface area contributed by atoms with E-state index in [1.807, 2.05) is 6.92 Å².